The van der Waals surface area contributed by atoms with Gasteiger partial charge in [0.05, 0.1) is 12.8 Å². The first-order valence-corrected chi connectivity index (χ1v) is 9.10. The SMILES string of the molecule is C#CCN(CCCNS(C)(=O)=O)[C@H]1CCc2ccccc21. The first kappa shape index (κ1) is 16.0. The number of hydrogen-bond acceptors (Lipinski definition) is 3. The van der Waals surface area contributed by atoms with Gasteiger partial charge >= 0.3 is 0 Å². The number of benzene rings is 1. The second-order valence-corrected chi connectivity index (χ2v) is 7.28. The van der Waals surface area contributed by atoms with Crippen LogP contribution in [0.5, 0.6) is 0 Å². The summed E-state index contributed by atoms with van der Waals surface area (Å²) < 4.78 is 24.7. The first-order chi connectivity index (χ1) is 10.0. The van der Waals surface area contributed by atoms with Gasteiger partial charge in [0.1, 0.15) is 0 Å². The van der Waals surface area contributed by atoms with Crippen molar-refractivity contribution >= 4 is 10.0 Å². The average molecular weight is 306 g/mol. The van der Waals surface area contributed by atoms with Crippen LogP contribution in [0.3, 0.4) is 0 Å². The van der Waals surface area contributed by atoms with Crippen molar-refractivity contribution in [2.75, 3.05) is 25.9 Å². The Morgan fingerprint density at radius 2 is 2.19 bits per heavy atom. The normalized spacial score (nSPS) is 17.7. The predicted octanol–water partition coefficient (Wildman–Crippen LogP) is 1.55. The van der Waals surface area contributed by atoms with E-state index in [4.69, 9.17) is 6.42 Å². The zero-order chi connectivity index (χ0) is 15.3. The summed E-state index contributed by atoms with van der Waals surface area (Å²) in [5.74, 6) is 2.72. The van der Waals surface area contributed by atoms with Gasteiger partial charge in [-0.2, -0.15) is 0 Å². The van der Waals surface area contributed by atoms with Crippen molar-refractivity contribution in [3.63, 3.8) is 0 Å². The van der Waals surface area contributed by atoms with Crippen LogP contribution in [-0.2, 0) is 16.4 Å². The molecular formula is C16H22N2O2S. The van der Waals surface area contributed by atoms with Crippen LogP contribution in [0.1, 0.15) is 30.0 Å². The predicted molar refractivity (Wildman–Crippen MR) is 85.4 cm³/mol. The molecule has 0 fully saturated rings. The van der Waals surface area contributed by atoms with Gasteiger partial charge in [0.25, 0.3) is 0 Å². The Morgan fingerprint density at radius 1 is 1.43 bits per heavy atom. The van der Waals surface area contributed by atoms with Crippen molar-refractivity contribution in [1.82, 2.24) is 9.62 Å². The molecule has 1 aliphatic carbocycles. The minimum absolute atomic E-state index is 0.357. The molecule has 0 amide bonds. The highest BCUT2D eigenvalue weighted by atomic mass is 32.2. The molecule has 0 bridgehead atoms. The monoisotopic (exact) mass is 306 g/mol. The molecule has 1 aromatic rings. The molecule has 5 heteroatoms. The van der Waals surface area contributed by atoms with Crippen molar-refractivity contribution in [2.24, 2.45) is 0 Å². The maximum atomic E-state index is 11.1. The average Bonchev–Trinajstić information content (AvgIpc) is 2.85. The van der Waals surface area contributed by atoms with Crippen molar-refractivity contribution < 1.29 is 8.42 Å². The molecule has 1 N–H and O–H groups in total. The molecule has 4 nitrogen and oxygen atoms in total. The van der Waals surface area contributed by atoms with Gasteiger partial charge in [-0.15, -0.1) is 6.42 Å². The summed E-state index contributed by atoms with van der Waals surface area (Å²) in [4.78, 5) is 2.27. The second kappa shape index (κ2) is 7.08. The molecule has 21 heavy (non-hydrogen) atoms. The highest BCUT2D eigenvalue weighted by Gasteiger charge is 2.26. The molecule has 1 atom stereocenters. The highest BCUT2D eigenvalue weighted by molar-refractivity contribution is 7.88. The standard InChI is InChI=1S/C16H22N2O2S/c1-3-12-18(13-6-11-17-21(2,19)20)16-10-9-14-7-4-5-8-15(14)16/h1,4-5,7-8,16-17H,6,9-13H2,2H3/t16-/m0/s1. The smallest absolute Gasteiger partial charge is 0.208 e. The van der Waals surface area contributed by atoms with Crippen LogP contribution in [-0.4, -0.2) is 39.2 Å². The second-order valence-electron chi connectivity index (χ2n) is 5.45. The Labute approximate surface area is 127 Å². The molecular weight excluding hydrogens is 284 g/mol. The molecule has 0 saturated heterocycles. The maximum absolute atomic E-state index is 11.1. The van der Waals surface area contributed by atoms with Crippen LogP contribution in [0.4, 0.5) is 0 Å². The summed E-state index contributed by atoms with van der Waals surface area (Å²) in [6, 6.07) is 8.84. The van der Waals surface area contributed by atoms with Gasteiger partial charge in [0, 0.05) is 19.1 Å². The van der Waals surface area contributed by atoms with E-state index >= 15 is 0 Å². The number of terminal acetylenes is 1. The van der Waals surface area contributed by atoms with Crippen molar-refractivity contribution in [3.05, 3.63) is 35.4 Å². The minimum atomic E-state index is -3.11. The summed E-state index contributed by atoms with van der Waals surface area (Å²) >= 11 is 0. The van der Waals surface area contributed by atoms with Crippen LogP contribution in [0.2, 0.25) is 0 Å². The lowest BCUT2D eigenvalue weighted by Crippen LogP contribution is -2.32. The number of nitrogens with one attached hydrogen (secondary N) is 1. The molecule has 1 aliphatic rings. The van der Waals surface area contributed by atoms with Gasteiger partial charge in [-0.1, -0.05) is 30.2 Å². The van der Waals surface area contributed by atoms with E-state index in [1.165, 1.54) is 17.4 Å². The Morgan fingerprint density at radius 3 is 2.90 bits per heavy atom. The summed E-state index contributed by atoms with van der Waals surface area (Å²) in [6.07, 6.45) is 9.60. The molecule has 0 heterocycles. The van der Waals surface area contributed by atoms with E-state index in [1.807, 2.05) is 0 Å². The molecule has 0 aromatic heterocycles. The quantitative estimate of drug-likeness (QED) is 0.614. The van der Waals surface area contributed by atoms with E-state index in [0.717, 1.165) is 25.8 Å². The number of sulfonamides is 1. The zero-order valence-corrected chi connectivity index (χ0v) is 13.2. The summed E-state index contributed by atoms with van der Waals surface area (Å²) in [5, 5.41) is 0. The highest BCUT2D eigenvalue weighted by Crippen LogP contribution is 2.35. The summed E-state index contributed by atoms with van der Waals surface area (Å²) in [6.45, 7) is 1.85. The largest absolute Gasteiger partial charge is 0.285 e. The van der Waals surface area contributed by atoms with Gasteiger partial charge in [0.15, 0.2) is 0 Å². The molecule has 114 valence electrons. The Hall–Kier alpha value is -1.35. The van der Waals surface area contributed by atoms with Gasteiger partial charge in [0.2, 0.25) is 10.0 Å². The van der Waals surface area contributed by atoms with Gasteiger partial charge in [-0.25, -0.2) is 13.1 Å². The number of fused-ring (bicyclic) bond motifs is 1. The fraction of sp³-hybridized carbons (Fsp3) is 0.500. The van der Waals surface area contributed by atoms with Gasteiger partial charge in [-0.3, -0.25) is 4.90 Å². The van der Waals surface area contributed by atoms with Crippen molar-refractivity contribution in [3.8, 4) is 12.3 Å². The Bertz CT molecular complexity index is 619. The third kappa shape index (κ3) is 4.57. The third-order valence-electron chi connectivity index (χ3n) is 3.82. The number of aryl methyl sites for hydroxylation is 1. The molecule has 0 spiro atoms. The van der Waals surface area contributed by atoms with E-state index in [2.05, 4.69) is 39.8 Å². The third-order valence-corrected chi connectivity index (χ3v) is 4.55. The summed E-state index contributed by atoms with van der Waals surface area (Å²) in [5.41, 5.74) is 2.77. The fourth-order valence-corrected chi connectivity index (χ4v) is 3.43. The molecule has 0 unspecified atom stereocenters. The van der Waals surface area contributed by atoms with Crippen LogP contribution in [0.15, 0.2) is 24.3 Å². The minimum Gasteiger partial charge on any atom is -0.285 e. The van der Waals surface area contributed by atoms with E-state index in [0.29, 0.717) is 19.1 Å². The fourth-order valence-electron chi connectivity index (χ4n) is 2.92. The van der Waals surface area contributed by atoms with E-state index in [-0.39, 0.29) is 0 Å². The van der Waals surface area contributed by atoms with Crippen LogP contribution >= 0.6 is 0 Å². The van der Waals surface area contributed by atoms with E-state index in [9.17, 15) is 8.42 Å². The first-order valence-electron chi connectivity index (χ1n) is 7.21. The van der Waals surface area contributed by atoms with Crippen LogP contribution < -0.4 is 4.72 Å². The van der Waals surface area contributed by atoms with Gasteiger partial charge < -0.3 is 0 Å². The topological polar surface area (TPSA) is 49.4 Å². The molecule has 1 aromatic carbocycles. The maximum Gasteiger partial charge on any atom is 0.208 e. The molecule has 0 saturated carbocycles. The van der Waals surface area contributed by atoms with Gasteiger partial charge in [-0.05, 0) is 30.4 Å². The Kier molecular flexibility index (Phi) is 5.40. The Balaban J connectivity index is 1.96. The molecule has 2 rings (SSSR count). The number of rotatable bonds is 7. The lowest BCUT2D eigenvalue weighted by atomic mass is 10.1. The van der Waals surface area contributed by atoms with Crippen molar-refractivity contribution in [2.45, 2.75) is 25.3 Å². The number of hydrogen-bond donors (Lipinski definition) is 1. The van der Waals surface area contributed by atoms with Crippen LogP contribution in [0, 0.1) is 12.3 Å². The lowest BCUT2D eigenvalue weighted by molar-refractivity contribution is 0.220. The number of nitrogens with zero attached hydrogens (tertiary/aromatic N) is 1. The summed E-state index contributed by atoms with van der Waals surface area (Å²) in [7, 11) is -3.11. The molecule has 0 aliphatic heterocycles. The van der Waals surface area contributed by atoms with E-state index < -0.39 is 10.0 Å². The zero-order valence-electron chi connectivity index (χ0n) is 12.4. The van der Waals surface area contributed by atoms with Crippen molar-refractivity contribution in [1.29, 1.82) is 0 Å². The molecule has 0 radical (unpaired) electrons. The lowest BCUT2D eigenvalue weighted by Gasteiger charge is -2.27. The van der Waals surface area contributed by atoms with Crippen LogP contribution in [0.25, 0.3) is 0 Å². The van der Waals surface area contributed by atoms with E-state index in [1.54, 1.807) is 0 Å².